The van der Waals surface area contributed by atoms with Crippen molar-refractivity contribution in [2.45, 2.75) is 57.7 Å². The third kappa shape index (κ3) is 10.4. The lowest BCUT2D eigenvalue weighted by Gasteiger charge is -2.24. The lowest BCUT2D eigenvalue weighted by Crippen LogP contribution is -2.48. The second kappa shape index (κ2) is 11.7. The van der Waals surface area contributed by atoms with Crippen molar-refractivity contribution in [3.05, 3.63) is 48.0 Å². The standard InChI is InChI=1S/C21H28F3NO5/c1-20(2,3)30-18(26)17(25-19(27)21(22,23)24)12-8-11-16(14-28-4)29-13-15-9-6-5-7-10-15/h5-11,16-17H,12-14H2,1-4H3,(H,25,27)/b11-8-/t16-,17-/m0/s1. The number of carbonyl (C=O) groups is 2. The zero-order chi connectivity index (χ0) is 22.8. The van der Waals surface area contributed by atoms with E-state index < -0.39 is 35.8 Å². The van der Waals surface area contributed by atoms with Crippen LogP contribution in [0.2, 0.25) is 0 Å². The summed E-state index contributed by atoms with van der Waals surface area (Å²) in [5.41, 5.74) is 0.0235. The molecule has 0 unspecified atom stereocenters. The molecule has 0 aliphatic heterocycles. The molecule has 168 valence electrons. The number of carbonyl (C=O) groups excluding carboxylic acids is 2. The Morgan fingerprint density at radius 1 is 1.13 bits per heavy atom. The summed E-state index contributed by atoms with van der Waals surface area (Å²) in [6.45, 7) is 5.25. The molecule has 6 nitrogen and oxygen atoms in total. The van der Waals surface area contributed by atoms with Crippen LogP contribution in [-0.2, 0) is 30.4 Å². The van der Waals surface area contributed by atoms with Crippen molar-refractivity contribution in [1.82, 2.24) is 5.32 Å². The van der Waals surface area contributed by atoms with Gasteiger partial charge in [0.2, 0.25) is 0 Å². The number of alkyl halides is 3. The lowest BCUT2D eigenvalue weighted by molar-refractivity contribution is -0.177. The molecule has 0 aliphatic carbocycles. The second-order valence-corrected chi connectivity index (χ2v) is 7.51. The summed E-state index contributed by atoms with van der Waals surface area (Å²) in [4.78, 5) is 23.5. The number of esters is 1. The highest BCUT2D eigenvalue weighted by Crippen LogP contribution is 2.16. The normalized spacial score (nSPS) is 14.4. The fraction of sp³-hybridized carbons (Fsp3) is 0.524. The van der Waals surface area contributed by atoms with Crippen LogP contribution in [-0.4, -0.2) is 49.5 Å². The number of nitrogens with one attached hydrogen (secondary N) is 1. The number of hydrogen-bond donors (Lipinski definition) is 1. The van der Waals surface area contributed by atoms with Gasteiger partial charge in [0.05, 0.1) is 19.3 Å². The van der Waals surface area contributed by atoms with Crippen LogP contribution >= 0.6 is 0 Å². The van der Waals surface area contributed by atoms with Crippen molar-refractivity contribution < 1.29 is 37.0 Å². The van der Waals surface area contributed by atoms with Crippen molar-refractivity contribution in [2.24, 2.45) is 0 Å². The molecular weight excluding hydrogens is 403 g/mol. The first-order valence-corrected chi connectivity index (χ1v) is 9.34. The topological polar surface area (TPSA) is 73.9 Å². The van der Waals surface area contributed by atoms with Gasteiger partial charge in [-0.05, 0) is 32.8 Å². The van der Waals surface area contributed by atoms with E-state index in [0.717, 1.165) is 5.56 Å². The van der Waals surface area contributed by atoms with Crippen LogP contribution in [0.15, 0.2) is 42.5 Å². The highest BCUT2D eigenvalue weighted by molar-refractivity contribution is 5.87. The van der Waals surface area contributed by atoms with Gasteiger partial charge in [-0.2, -0.15) is 13.2 Å². The van der Waals surface area contributed by atoms with E-state index in [1.54, 1.807) is 32.2 Å². The maximum Gasteiger partial charge on any atom is 0.471 e. The zero-order valence-corrected chi connectivity index (χ0v) is 17.5. The predicted molar refractivity (Wildman–Crippen MR) is 104 cm³/mol. The molecule has 0 saturated carbocycles. The minimum absolute atomic E-state index is 0.203. The predicted octanol–water partition coefficient (Wildman–Crippen LogP) is 3.55. The maximum absolute atomic E-state index is 12.6. The molecule has 1 amide bonds. The van der Waals surface area contributed by atoms with E-state index in [4.69, 9.17) is 14.2 Å². The minimum atomic E-state index is -5.11. The van der Waals surface area contributed by atoms with Gasteiger partial charge in [0, 0.05) is 7.11 Å². The van der Waals surface area contributed by atoms with Crippen molar-refractivity contribution >= 4 is 11.9 Å². The van der Waals surface area contributed by atoms with Gasteiger partial charge in [0.25, 0.3) is 0 Å². The Bertz CT molecular complexity index is 699. The molecule has 0 heterocycles. The lowest BCUT2D eigenvalue weighted by atomic mass is 10.1. The first-order chi connectivity index (χ1) is 13.9. The van der Waals surface area contributed by atoms with E-state index in [-0.39, 0.29) is 13.0 Å². The van der Waals surface area contributed by atoms with Crippen LogP contribution < -0.4 is 5.32 Å². The number of halogens is 3. The Morgan fingerprint density at radius 2 is 1.77 bits per heavy atom. The van der Waals surface area contributed by atoms with Crippen molar-refractivity contribution in [2.75, 3.05) is 13.7 Å². The second-order valence-electron chi connectivity index (χ2n) is 7.51. The molecule has 1 aromatic rings. The maximum atomic E-state index is 12.6. The molecule has 1 aromatic carbocycles. The Labute approximate surface area is 174 Å². The Balaban J connectivity index is 2.79. The van der Waals surface area contributed by atoms with Gasteiger partial charge in [0.15, 0.2) is 0 Å². The molecule has 1 rings (SSSR count). The molecule has 0 aromatic heterocycles. The molecule has 0 radical (unpaired) electrons. The van der Waals surface area contributed by atoms with Crippen LogP contribution in [0.4, 0.5) is 13.2 Å². The molecule has 2 atom stereocenters. The van der Waals surface area contributed by atoms with E-state index in [2.05, 4.69) is 0 Å². The van der Waals surface area contributed by atoms with E-state index in [0.29, 0.717) is 6.61 Å². The first kappa shape index (κ1) is 25.6. The Kier molecular flexibility index (Phi) is 10.0. The molecule has 0 fully saturated rings. The molecule has 9 heteroatoms. The van der Waals surface area contributed by atoms with E-state index in [1.807, 2.05) is 30.3 Å². The number of amides is 1. The van der Waals surface area contributed by atoms with Gasteiger partial charge in [-0.1, -0.05) is 42.5 Å². The Hall–Kier alpha value is -2.39. The molecule has 0 spiro atoms. The number of rotatable bonds is 10. The third-order valence-corrected chi connectivity index (χ3v) is 3.61. The molecule has 1 N–H and O–H groups in total. The minimum Gasteiger partial charge on any atom is -0.458 e. The van der Waals surface area contributed by atoms with E-state index in [9.17, 15) is 22.8 Å². The van der Waals surface area contributed by atoms with Crippen molar-refractivity contribution in [1.29, 1.82) is 0 Å². The van der Waals surface area contributed by atoms with E-state index >= 15 is 0 Å². The molecular formula is C21H28F3NO5. The molecule has 30 heavy (non-hydrogen) atoms. The highest BCUT2D eigenvalue weighted by Gasteiger charge is 2.41. The largest absolute Gasteiger partial charge is 0.471 e. The third-order valence-electron chi connectivity index (χ3n) is 3.61. The monoisotopic (exact) mass is 431 g/mol. The summed E-state index contributed by atoms with van der Waals surface area (Å²) < 4.78 is 53.7. The zero-order valence-electron chi connectivity index (χ0n) is 17.5. The van der Waals surface area contributed by atoms with Crippen LogP contribution in [0.1, 0.15) is 32.8 Å². The summed E-state index contributed by atoms with van der Waals surface area (Å²) in [5.74, 6) is -3.17. The van der Waals surface area contributed by atoms with Crippen LogP contribution in [0.25, 0.3) is 0 Å². The number of ether oxygens (including phenoxy) is 3. The number of hydrogen-bond acceptors (Lipinski definition) is 5. The number of benzene rings is 1. The highest BCUT2D eigenvalue weighted by atomic mass is 19.4. The average molecular weight is 431 g/mol. The quantitative estimate of drug-likeness (QED) is 0.453. The fourth-order valence-corrected chi connectivity index (χ4v) is 2.29. The van der Waals surface area contributed by atoms with E-state index in [1.165, 1.54) is 13.2 Å². The van der Waals surface area contributed by atoms with Gasteiger partial charge < -0.3 is 19.5 Å². The molecule has 0 bridgehead atoms. The van der Waals surface area contributed by atoms with Gasteiger partial charge in [-0.25, -0.2) is 4.79 Å². The molecule has 0 aliphatic rings. The fourth-order valence-electron chi connectivity index (χ4n) is 2.29. The van der Waals surface area contributed by atoms with Crippen molar-refractivity contribution in [3.63, 3.8) is 0 Å². The van der Waals surface area contributed by atoms with Crippen molar-refractivity contribution in [3.8, 4) is 0 Å². The average Bonchev–Trinajstić information content (AvgIpc) is 2.63. The van der Waals surface area contributed by atoms with Gasteiger partial charge in [0.1, 0.15) is 11.6 Å². The summed E-state index contributed by atoms with van der Waals surface area (Å²) in [6.07, 6.45) is -2.77. The summed E-state index contributed by atoms with van der Waals surface area (Å²) in [6, 6.07) is 7.90. The summed E-state index contributed by atoms with van der Waals surface area (Å²) >= 11 is 0. The van der Waals surface area contributed by atoms with Gasteiger partial charge in [-0.3, -0.25) is 4.79 Å². The Morgan fingerprint density at radius 3 is 2.30 bits per heavy atom. The smallest absolute Gasteiger partial charge is 0.458 e. The SMILES string of the molecule is COC[C@H](/C=C\C[C@H](NC(=O)C(F)(F)F)C(=O)OC(C)(C)C)OCc1ccccc1. The number of methoxy groups -OCH3 is 1. The summed E-state index contributed by atoms with van der Waals surface area (Å²) in [7, 11) is 1.49. The van der Waals surface area contributed by atoms with Crippen LogP contribution in [0.3, 0.4) is 0 Å². The summed E-state index contributed by atoms with van der Waals surface area (Å²) in [5, 5.41) is 1.68. The van der Waals surface area contributed by atoms with Crippen LogP contribution in [0, 0.1) is 0 Å². The first-order valence-electron chi connectivity index (χ1n) is 9.34. The van der Waals surface area contributed by atoms with Gasteiger partial charge >= 0.3 is 18.1 Å². The molecule has 0 saturated heterocycles. The van der Waals surface area contributed by atoms with Crippen LogP contribution in [0.5, 0.6) is 0 Å². The van der Waals surface area contributed by atoms with Gasteiger partial charge in [-0.15, -0.1) is 0 Å².